The number of hydrogen-bond acceptors (Lipinski definition) is 6. The van der Waals surface area contributed by atoms with Gasteiger partial charge >= 0.3 is 5.97 Å². The Morgan fingerprint density at radius 3 is 2.21 bits per heavy atom. The summed E-state index contributed by atoms with van der Waals surface area (Å²) in [6, 6.07) is 4.76. The first kappa shape index (κ1) is 15.9. The number of fused-ring (bicyclic) bond motifs is 1. The maximum Gasteiger partial charge on any atom is 0.317 e. The normalized spacial score (nSPS) is 12.6. The van der Waals surface area contributed by atoms with Crippen molar-refractivity contribution in [1.29, 1.82) is 0 Å². The molecule has 2 heterocycles. The highest BCUT2D eigenvalue weighted by molar-refractivity contribution is 6.09. The van der Waals surface area contributed by atoms with E-state index in [1.54, 1.807) is 29.8 Å². The highest BCUT2D eigenvalue weighted by Crippen LogP contribution is 2.39. The van der Waals surface area contributed by atoms with Crippen LogP contribution in [0.5, 0.6) is 23.0 Å². The highest BCUT2D eigenvalue weighted by Gasteiger charge is 2.29. The minimum absolute atomic E-state index is 0.161. The maximum atomic E-state index is 12.9. The molecule has 0 atom stereocenters. The zero-order valence-corrected chi connectivity index (χ0v) is 13.8. The van der Waals surface area contributed by atoms with Crippen LogP contribution < -0.4 is 18.9 Å². The minimum atomic E-state index is -0.317. The number of methoxy groups -OCH3 is 3. The number of carbonyl (C=O) groups excluding carboxylic acids is 2. The van der Waals surface area contributed by atoms with Crippen LogP contribution in [0.3, 0.4) is 0 Å². The predicted molar refractivity (Wildman–Crippen MR) is 84.3 cm³/mol. The van der Waals surface area contributed by atoms with Crippen LogP contribution >= 0.6 is 0 Å². The molecule has 126 valence electrons. The number of ketones is 1. The number of carbonyl (C=O) groups is 2. The number of nitrogens with zero attached hydrogens (tertiary/aromatic N) is 1. The summed E-state index contributed by atoms with van der Waals surface area (Å²) in [4.78, 5) is 24.2. The van der Waals surface area contributed by atoms with Crippen molar-refractivity contribution >= 4 is 11.8 Å². The van der Waals surface area contributed by atoms with Gasteiger partial charge in [-0.25, -0.2) is 0 Å². The van der Waals surface area contributed by atoms with Gasteiger partial charge in [0.25, 0.3) is 0 Å². The molecule has 0 bridgehead atoms. The summed E-state index contributed by atoms with van der Waals surface area (Å²) in [6.07, 6.45) is 0.161. The van der Waals surface area contributed by atoms with Crippen LogP contribution in [0.2, 0.25) is 0 Å². The van der Waals surface area contributed by atoms with Crippen LogP contribution in [0.25, 0.3) is 0 Å². The molecular weight excluding hydrogens is 314 g/mol. The van der Waals surface area contributed by atoms with E-state index in [1.165, 1.54) is 21.3 Å². The molecule has 24 heavy (non-hydrogen) atoms. The Morgan fingerprint density at radius 2 is 1.71 bits per heavy atom. The standard InChI is InChI=1S/C17H17NO6/c1-18-10-8-15(19)24-12(10)7-11(18)16(20)9-5-13(21-2)17(23-4)14(6-9)22-3/h5-7H,8H2,1-4H3. The van der Waals surface area contributed by atoms with E-state index >= 15 is 0 Å². The van der Waals surface area contributed by atoms with Gasteiger partial charge in [-0.3, -0.25) is 9.59 Å². The number of rotatable bonds is 5. The van der Waals surface area contributed by atoms with Gasteiger partial charge in [-0.15, -0.1) is 0 Å². The van der Waals surface area contributed by atoms with Crippen molar-refractivity contribution in [3.8, 4) is 23.0 Å². The average Bonchev–Trinajstić information content (AvgIpc) is 3.10. The summed E-state index contributed by atoms with van der Waals surface area (Å²) in [5.74, 6) is 1.09. The predicted octanol–water partition coefficient (Wildman–Crippen LogP) is 1.74. The maximum absolute atomic E-state index is 12.9. The molecule has 0 spiro atoms. The summed E-state index contributed by atoms with van der Waals surface area (Å²) in [7, 11) is 6.20. The van der Waals surface area contributed by atoms with Gasteiger partial charge in [-0.1, -0.05) is 0 Å². The molecule has 0 aliphatic carbocycles. The molecule has 3 rings (SSSR count). The molecule has 7 heteroatoms. The van der Waals surface area contributed by atoms with Crippen molar-refractivity contribution in [2.75, 3.05) is 21.3 Å². The van der Waals surface area contributed by atoms with Gasteiger partial charge < -0.3 is 23.5 Å². The summed E-state index contributed by atoms with van der Waals surface area (Å²) < 4.78 is 22.6. The quantitative estimate of drug-likeness (QED) is 0.614. The molecule has 1 aromatic carbocycles. The van der Waals surface area contributed by atoms with Crippen LogP contribution in [-0.2, 0) is 18.3 Å². The van der Waals surface area contributed by atoms with Crippen molar-refractivity contribution in [3.05, 3.63) is 35.2 Å². The van der Waals surface area contributed by atoms with Crippen LogP contribution in [-0.4, -0.2) is 37.6 Å². The van der Waals surface area contributed by atoms with Crippen LogP contribution in [0.4, 0.5) is 0 Å². The molecule has 7 nitrogen and oxygen atoms in total. The first-order valence-corrected chi connectivity index (χ1v) is 7.24. The fraction of sp³-hybridized carbons (Fsp3) is 0.294. The van der Waals surface area contributed by atoms with E-state index in [0.29, 0.717) is 39.9 Å². The lowest BCUT2D eigenvalue weighted by Gasteiger charge is -2.14. The molecule has 2 aromatic rings. The molecule has 0 fully saturated rings. The van der Waals surface area contributed by atoms with Crippen molar-refractivity contribution in [2.24, 2.45) is 7.05 Å². The van der Waals surface area contributed by atoms with Gasteiger partial charge in [0, 0.05) is 18.7 Å². The molecule has 1 aliphatic heterocycles. The van der Waals surface area contributed by atoms with E-state index in [4.69, 9.17) is 18.9 Å². The Morgan fingerprint density at radius 1 is 1.08 bits per heavy atom. The number of hydrogen-bond donors (Lipinski definition) is 0. The van der Waals surface area contributed by atoms with Crippen LogP contribution in [0, 0.1) is 0 Å². The smallest absolute Gasteiger partial charge is 0.317 e. The Bertz CT molecular complexity index is 811. The second-order valence-corrected chi connectivity index (χ2v) is 5.29. The Balaban J connectivity index is 2.05. The molecule has 0 radical (unpaired) electrons. The fourth-order valence-electron chi connectivity index (χ4n) is 2.78. The second kappa shape index (κ2) is 5.92. The number of ether oxygens (including phenoxy) is 4. The Labute approximate surface area is 138 Å². The summed E-state index contributed by atoms with van der Waals surface area (Å²) >= 11 is 0. The first-order valence-electron chi connectivity index (χ1n) is 7.24. The second-order valence-electron chi connectivity index (χ2n) is 5.29. The lowest BCUT2D eigenvalue weighted by Crippen LogP contribution is -2.12. The summed E-state index contributed by atoms with van der Waals surface area (Å²) in [5.41, 5.74) is 1.49. The Kier molecular flexibility index (Phi) is 3.92. The van der Waals surface area contributed by atoms with E-state index in [0.717, 1.165) is 0 Å². The summed E-state index contributed by atoms with van der Waals surface area (Å²) in [5, 5.41) is 0. The Hall–Kier alpha value is -2.96. The number of aromatic nitrogens is 1. The summed E-state index contributed by atoms with van der Waals surface area (Å²) in [6.45, 7) is 0. The molecule has 1 aliphatic rings. The van der Waals surface area contributed by atoms with E-state index < -0.39 is 0 Å². The van der Waals surface area contributed by atoms with Crippen molar-refractivity contribution in [3.63, 3.8) is 0 Å². The monoisotopic (exact) mass is 331 g/mol. The third-order valence-corrected chi connectivity index (χ3v) is 4.01. The van der Waals surface area contributed by atoms with Gasteiger partial charge in [0.2, 0.25) is 11.5 Å². The van der Waals surface area contributed by atoms with E-state index in [9.17, 15) is 9.59 Å². The molecule has 0 saturated carbocycles. The van der Waals surface area contributed by atoms with Gasteiger partial charge in [-0.05, 0) is 12.1 Å². The van der Waals surface area contributed by atoms with Gasteiger partial charge in [0.15, 0.2) is 17.2 Å². The third-order valence-electron chi connectivity index (χ3n) is 4.01. The zero-order chi connectivity index (χ0) is 17.4. The zero-order valence-electron chi connectivity index (χ0n) is 13.8. The lowest BCUT2D eigenvalue weighted by atomic mass is 10.1. The number of esters is 1. The molecule has 0 amide bonds. The van der Waals surface area contributed by atoms with Gasteiger partial charge in [-0.2, -0.15) is 0 Å². The fourth-order valence-corrected chi connectivity index (χ4v) is 2.78. The van der Waals surface area contributed by atoms with Crippen molar-refractivity contribution in [2.45, 2.75) is 6.42 Å². The van der Waals surface area contributed by atoms with Gasteiger partial charge in [0.05, 0.1) is 39.1 Å². The third kappa shape index (κ3) is 2.38. The SMILES string of the molecule is COc1cc(C(=O)c2cc3c(n2C)CC(=O)O3)cc(OC)c1OC. The van der Waals surface area contributed by atoms with Gasteiger partial charge in [0.1, 0.15) is 0 Å². The minimum Gasteiger partial charge on any atom is -0.493 e. The highest BCUT2D eigenvalue weighted by atomic mass is 16.5. The van der Waals surface area contributed by atoms with Crippen LogP contribution in [0.1, 0.15) is 21.7 Å². The van der Waals surface area contributed by atoms with Crippen molar-refractivity contribution in [1.82, 2.24) is 4.57 Å². The van der Waals surface area contributed by atoms with E-state index in [1.807, 2.05) is 0 Å². The largest absolute Gasteiger partial charge is 0.493 e. The molecule has 0 unspecified atom stereocenters. The topological polar surface area (TPSA) is 76.0 Å². The molecule has 0 saturated heterocycles. The molecule has 1 aromatic heterocycles. The van der Waals surface area contributed by atoms with E-state index in [2.05, 4.69) is 0 Å². The van der Waals surface area contributed by atoms with E-state index in [-0.39, 0.29) is 18.2 Å². The van der Waals surface area contributed by atoms with Crippen molar-refractivity contribution < 1.29 is 28.5 Å². The van der Waals surface area contributed by atoms with Crippen LogP contribution in [0.15, 0.2) is 18.2 Å². The molecule has 0 N–H and O–H groups in total. The molecular formula is C17H17NO6. The first-order chi connectivity index (χ1) is 11.5. The lowest BCUT2D eigenvalue weighted by molar-refractivity contribution is -0.131. The number of benzene rings is 1. The average molecular weight is 331 g/mol.